The average molecular weight is 350 g/mol. The predicted molar refractivity (Wildman–Crippen MR) is 105 cm³/mol. The molecule has 2 aromatic rings. The average Bonchev–Trinajstić information content (AvgIpc) is 2.97. The summed E-state index contributed by atoms with van der Waals surface area (Å²) in [5.41, 5.74) is 4.43. The first kappa shape index (κ1) is 18.2. The number of ether oxygens (including phenoxy) is 1. The third kappa shape index (κ3) is 4.13. The first-order valence-electron chi connectivity index (χ1n) is 8.97. The summed E-state index contributed by atoms with van der Waals surface area (Å²) >= 11 is 0. The molecule has 3 rings (SSSR count). The van der Waals surface area contributed by atoms with Crippen molar-refractivity contribution in [1.29, 1.82) is 0 Å². The van der Waals surface area contributed by atoms with Crippen molar-refractivity contribution in [2.24, 2.45) is 4.99 Å². The molecule has 136 valence electrons. The fourth-order valence-corrected chi connectivity index (χ4v) is 3.47. The minimum atomic E-state index is -0.488. The lowest BCUT2D eigenvalue weighted by molar-refractivity contribution is 0.0523. The number of alkyl carbamates (subject to hydrolysis) is 1. The summed E-state index contributed by atoms with van der Waals surface area (Å²) < 4.78 is 5.26. The Hall–Kier alpha value is -2.62. The Balaban J connectivity index is 1.65. The van der Waals surface area contributed by atoms with E-state index in [-0.39, 0.29) is 6.04 Å². The number of nitrogens with one attached hydrogen (secondary N) is 1. The second-order valence-electron chi connectivity index (χ2n) is 7.73. The molecule has 1 N–H and O–H groups in total. The maximum atomic E-state index is 11.8. The first-order chi connectivity index (χ1) is 12.4. The zero-order chi connectivity index (χ0) is 18.7. The largest absolute Gasteiger partial charge is 0.444 e. The lowest BCUT2D eigenvalue weighted by Crippen LogP contribution is -2.32. The third-order valence-electron chi connectivity index (χ3n) is 4.63. The Bertz CT molecular complexity index is 791. The fraction of sp³-hybridized carbons (Fsp3) is 0.364. The summed E-state index contributed by atoms with van der Waals surface area (Å²) in [5.74, 6) is 0.317. The minimum Gasteiger partial charge on any atom is -0.444 e. The lowest BCUT2D eigenvalue weighted by atomic mass is 9.92. The van der Waals surface area contributed by atoms with E-state index in [9.17, 15) is 4.79 Å². The molecular formula is C22H26N2O2. The van der Waals surface area contributed by atoms with E-state index in [1.807, 2.05) is 20.8 Å². The van der Waals surface area contributed by atoms with Crippen molar-refractivity contribution in [3.8, 4) is 0 Å². The summed E-state index contributed by atoms with van der Waals surface area (Å²) in [6, 6.07) is 16.9. The van der Waals surface area contributed by atoms with Crippen LogP contribution < -0.4 is 5.32 Å². The van der Waals surface area contributed by atoms with Crippen LogP contribution in [0.2, 0.25) is 0 Å². The Kier molecular flexibility index (Phi) is 5.12. The standard InChI is InChI=1S/C22H26N2O2/c1-22(2,3)26-21(25)24-14-15-9-11-16(12-10-15)19-13-17-7-5-6-8-18(17)20(19)23-4/h5-12,19-20H,4,13-14H2,1-3H3,(H,24,25)/t19-,20+/m1/s1. The zero-order valence-electron chi connectivity index (χ0n) is 15.7. The molecule has 0 saturated heterocycles. The highest BCUT2D eigenvalue weighted by Gasteiger charge is 2.32. The van der Waals surface area contributed by atoms with Crippen LogP contribution in [0.15, 0.2) is 53.5 Å². The third-order valence-corrected chi connectivity index (χ3v) is 4.63. The Morgan fingerprint density at radius 2 is 1.88 bits per heavy atom. The van der Waals surface area contributed by atoms with Crippen molar-refractivity contribution in [3.63, 3.8) is 0 Å². The van der Waals surface area contributed by atoms with Crippen LogP contribution in [0.5, 0.6) is 0 Å². The smallest absolute Gasteiger partial charge is 0.407 e. The van der Waals surface area contributed by atoms with Crippen LogP contribution in [0, 0.1) is 0 Å². The van der Waals surface area contributed by atoms with Gasteiger partial charge in [0.05, 0.1) is 6.04 Å². The maximum absolute atomic E-state index is 11.8. The van der Waals surface area contributed by atoms with Gasteiger partial charge in [-0.2, -0.15) is 0 Å². The zero-order valence-corrected chi connectivity index (χ0v) is 15.7. The molecule has 1 aliphatic carbocycles. The summed E-state index contributed by atoms with van der Waals surface area (Å²) in [4.78, 5) is 16.1. The van der Waals surface area contributed by atoms with Gasteiger partial charge in [-0.25, -0.2) is 4.79 Å². The van der Waals surface area contributed by atoms with Gasteiger partial charge in [-0.3, -0.25) is 4.99 Å². The van der Waals surface area contributed by atoms with Crippen molar-refractivity contribution in [2.75, 3.05) is 0 Å². The van der Waals surface area contributed by atoms with Crippen LogP contribution in [0.1, 0.15) is 55.0 Å². The number of nitrogens with zero attached hydrogens (tertiary/aromatic N) is 1. The van der Waals surface area contributed by atoms with Crippen molar-refractivity contribution >= 4 is 12.8 Å². The molecule has 0 radical (unpaired) electrons. The van der Waals surface area contributed by atoms with Crippen LogP contribution in [0.25, 0.3) is 0 Å². The summed E-state index contributed by atoms with van der Waals surface area (Å²) in [7, 11) is 0. The van der Waals surface area contributed by atoms with E-state index in [2.05, 4.69) is 65.6 Å². The van der Waals surface area contributed by atoms with Crippen LogP contribution in [-0.4, -0.2) is 18.4 Å². The minimum absolute atomic E-state index is 0.108. The maximum Gasteiger partial charge on any atom is 0.407 e. The molecule has 0 aliphatic heterocycles. The number of fused-ring (bicyclic) bond motifs is 1. The lowest BCUT2D eigenvalue weighted by Gasteiger charge is -2.20. The summed E-state index contributed by atoms with van der Waals surface area (Å²) in [6.45, 7) is 9.81. The Labute approximate surface area is 155 Å². The molecule has 26 heavy (non-hydrogen) atoms. The molecule has 4 heteroatoms. The highest BCUT2D eigenvalue weighted by Crippen LogP contribution is 2.44. The molecule has 2 atom stereocenters. The quantitative estimate of drug-likeness (QED) is 0.806. The Morgan fingerprint density at radius 3 is 2.54 bits per heavy atom. The highest BCUT2D eigenvalue weighted by atomic mass is 16.6. The summed E-state index contributed by atoms with van der Waals surface area (Å²) in [5, 5.41) is 2.79. The number of benzene rings is 2. The van der Waals surface area contributed by atoms with Gasteiger partial charge in [0.25, 0.3) is 0 Å². The number of amides is 1. The molecule has 1 aliphatic rings. The van der Waals surface area contributed by atoms with Crippen LogP contribution >= 0.6 is 0 Å². The van der Waals surface area contributed by atoms with E-state index < -0.39 is 11.7 Å². The molecule has 0 unspecified atom stereocenters. The molecule has 4 nitrogen and oxygen atoms in total. The molecule has 0 fully saturated rings. The predicted octanol–water partition coefficient (Wildman–Crippen LogP) is 4.79. The second-order valence-corrected chi connectivity index (χ2v) is 7.73. The van der Waals surface area contributed by atoms with Gasteiger partial charge < -0.3 is 10.1 Å². The van der Waals surface area contributed by atoms with Gasteiger partial charge in [-0.1, -0.05) is 48.5 Å². The molecule has 0 heterocycles. The van der Waals surface area contributed by atoms with Gasteiger partial charge >= 0.3 is 6.09 Å². The molecule has 1 amide bonds. The Morgan fingerprint density at radius 1 is 1.19 bits per heavy atom. The molecule has 0 saturated carbocycles. The van der Waals surface area contributed by atoms with Crippen molar-refractivity contribution in [1.82, 2.24) is 5.32 Å². The van der Waals surface area contributed by atoms with E-state index in [1.165, 1.54) is 16.7 Å². The van der Waals surface area contributed by atoms with E-state index in [0.29, 0.717) is 12.5 Å². The van der Waals surface area contributed by atoms with Crippen LogP contribution in [0.3, 0.4) is 0 Å². The number of hydrogen-bond donors (Lipinski definition) is 1. The number of hydrogen-bond acceptors (Lipinski definition) is 3. The van der Waals surface area contributed by atoms with Gasteiger partial charge in [-0.05, 0) is 56.2 Å². The van der Waals surface area contributed by atoms with Gasteiger partial charge in [0.15, 0.2) is 0 Å². The molecule has 0 spiro atoms. The number of rotatable bonds is 4. The second kappa shape index (κ2) is 7.32. The van der Waals surface area contributed by atoms with Gasteiger partial charge in [0.1, 0.15) is 5.60 Å². The molecule has 0 bridgehead atoms. The molecular weight excluding hydrogens is 324 g/mol. The van der Waals surface area contributed by atoms with Crippen LogP contribution in [0.4, 0.5) is 4.79 Å². The van der Waals surface area contributed by atoms with Gasteiger partial charge in [0, 0.05) is 12.5 Å². The van der Waals surface area contributed by atoms with E-state index in [4.69, 9.17) is 4.74 Å². The van der Waals surface area contributed by atoms with Crippen molar-refractivity contribution in [3.05, 3.63) is 70.8 Å². The number of carbonyl (C=O) groups is 1. The monoisotopic (exact) mass is 350 g/mol. The summed E-state index contributed by atoms with van der Waals surface area (Å²) in [6.07, 6.45) is 0.582. The van der Waals surface area contributed by atoms with Crippen molar-refractivity contribution in [2.45, 2.75) is 51.3 Å². The number of aliphatic imine (C=N–C) groups is 1. The first-order valence-corrected chi connectivity index (χ1v) is 8.97. The van der Waals surface area contributed by atoms with Gasteiger partial charge in [0.2, 0.25) is 0 Å². The van der Waals surface area contributed by atoms with Crippen LogP contribution in [-0.2, 0) is 17.7 Å². The SMILES string of the molecule is C=N[C@H]1c2ccccc2C[C@@H]1c1ccc(CNC(=O)OC(C)(C)C)cc1. The number of carbonyl (C=O) groups excluding carboxylic acids is 1. The fourth-order valence-electron chi connectivity index (χ4n) is 3.47. The normalized spacial score (nSPS) is 18.9. The molecule has 0 aromatic heterocycles. The van der Waals surface area contributed by atoms with E-state index >= 15 is 0 Å². The molecule has 2 aromatic carbocycles. The van der Waals surface area contributed by atoms with E-state index in [0.717, 1.165) is 12.0 Å². The highest BCUT2D eigenvalue weighted by molar-refractivity contribution is 5.67. The topological polar surface area (TPSA) is 50.7 Å². The van der Waals surface area contributed by atoms with Gasteiger partial charge in [-0.15, -0.1) is 0 Å². The van der Waals surface area contributed by atoms with Crippen molar-refractivity contribution < 1.29 is 9.53 Å². The van der Waals surface area contributed by atoms with E-state index in [1.54, 1.807) is 0 Å².